The van der Waals surface area contributed by atoms with Gasteiger partial charge >= 0.3 is 0 Å². The Labute approximate surface area is 196 Å². The van der Waals surface area contributed by atoms with Gasteiger partial charge in [-0.2, -0.15) is 0 Å². The summed E-state index contributed by atoms with van der Waals surface area (Å²) >= 11 is 0. The van der Waals surface area contributed by atoms with Crippen LogP contribution >= 0.6 is 0 Å². The van der Waals surface area contributed by atoms with E-state index in [0.717, 1.165) is 44.5 Å². The van der Waals surface area contributed by atoms with E-state index in [4.69, 9.17) is 0 Å². The first-order valence-corrected chi connectivity index (χ1v) is 12.8. The highest BCUT2D eigenvalue weighted by Crippen LogP contribution is 2.37. The maximum Gasteiger partial charge on any atom is 0.225 e. The van der Waals surface area contributed by atoms with Crippen molar-refractivity contribution in [2.24, 2.45) is 5.92 Å². The van der Waals surface area contributed by atoms with Crippen molar-refractivity contribution >= 4 is 16.9 Å². The molecular weight excluding hydrogens is 408 g/mol. The zero-order valence-electron chi connectivity index (χ0n) is 19.6. The van der Waals surface area contributed by atoms with Crippen LogP contribution in [0, 0.1) is 12.8 Å². The molecule has 6 rings (SSSR count). The van der Waals surface area contributed by atoms with Gasteiger partial charge in [0.05, 0.1) is 0 Å². The second kappa shape index (κ2) is 8.60. The number of nitrogens with one attached hydrogen (secondary N) is 2. The second-order valence-electron chi connectivity index (χ2n) is 10.3. The number of aromatic amines is 1. The Morgan fingerprint density at radius 2 is 1.94 bits per heavy atom. The number of H-pyrrole nitrogens is 1. The molecule has 5 nitrogen and oxygen atoms in total. The molecule has 0 bridgehead atoms. The maximum absolute atomic E-state index is 13.3. The molecule has 0 radical (unpaired) electrons. The summed E-state index contributed by atoms with van der Waals surface area (Å²) in [4.78, 5) is 23.4. The largest absolute Gasteiger partial charge is 0.346 e. The first kappa shape index (κ1) is 20.9. The normalized spacial score (nSPS) is 21.5. The first-order valence-electron chi connectivity index (χ1n) is 12.8. The predicted octanol–water partition coefficient (Wildman–Crippen LogP) is 5.43. The van der Waals surface area contributed by atoms with Crippen molar-refractivity contribution in [3.05, 3.63) is 52.8 Å². The first-order chi connectivity index (χ1) is 16.2. The molecule has 0 spiro atoms. The van der Waals surface area contributed by atoms with Gasteiger partial charge in [0, 0.05) is 48.4 Å². The number of carbonyl (C=O) groups is 1. The Balaban J connectivity index is 1.37. The van der Waals surface area contributed by atoms with Gasteiger partial charge in [-0.1, -0.05) is 25.3 Å². The van der Waals surface area contributed by atoms with Crippen LogP contribution in [-0.2, 0) is 17.8 Å². The number of aryl methyl sites for hydroxylation is 1. The lowest BCUT2D eigenvalue weighted by atomic mass is 9.85. The molecule has 1 amide bonds. The number of nitrogens with zero attached hydrogens (tertiary/aromatic N) is 2. The average Bonchev–Trinajstić information content (AvgIpc) is 3.53. The fraction of sp³-hybridized carbons (Fsp3) is 0.500. The highest BCUT2D eigenvalue weighted by atomic mass is 16.2. The van der Waals surface area contributed by atoms with Crippen LogP contribution in [0.5, 0.6) is 0 Å². The molecule has 1 saturated heterocycles. The third kappa shape index (κ3) is 3.86. The highest BCUT2D eigenvalue weighted by molar-refractivity contribution is 5.85. The van der Waals surface area contributed by atoms with Crippen molar-refractivity contribution in [2.75, 3.05) is 13.1 Å². The van der Waals surface area contributed by atoms with E-state index in [0.29, 0.717) is 11.9 Å². The molecule has 2 fully saturated rings. The molecule has 4 heterocycles. The number of aromatic nitrogens is 2. The number of fused-ring (bicyclic) bond motifs is 2. The van der Waals surface area contributed by atoms with Crippen LogP contribution in [0.1, 0.15) is 73.2 Å². The number of benzene rings is 1. The van der Waals surface area contributed by atoms with Gasteiger partial charge < -0.3 is 15.2 Å². The summed E-state index contributed by atoms with van der Waals surface area (Å²) in [5.74, 6) is 0.641. The maximum atomic E-state index is 13.3. The summed E-state index contributed by atoms with van der Waals surface area (Å²) in [6, 6.07) is 7.39. The third-order valence-corrected chi connectivity index (χ3v) is 8.15. The van der Waals surface area contributed by atoms with Crippen LogP contribution in [0.3, 0.4) is 0 Å². The molecule has 2 aromatic heterocycles. The molecular formula is C28H34N4O. The molecule has 3 aliphatic rings. The number of pyridine rings is 1. The molecule has 172 valence electrons. The van der Waals surface area contributed by atoms with Gasteiger partial charge in [0.2, 0.25) is 5.91 Å². The summed E-state index contributed by atoms with van der Waals surface area (Å²) in [5.41, 5.74) is 8.80. The smallest absolute Gasteiger partial charge is 0.225 e. The van der Waals surface area contributed by atoms with Crippen LogP contribution in [0.2, 0.25) is 0 Å². The lowest BCUT2D eigenvalue weighted by molar-refractivity contribution is -0.137. The Bertz CT molecular complexity index is 1180. The molecule has 1 saturated carbocycles. The number of hydrogen-bond donors (Lipinski definition) is 2. The van der Waals surface area contributed by atoms with Crippen molar-refractivity contribution < 1.29 is 4.79 Å². The van der Waals surface area contributed by atoms with Crippen LogP contribution in [0.4, 0.5) is 0 Å². The Kier molecular flexibility index (Phi) is 5.45. The Morgan fingerprint density at radius 1 is 1.06 bits per heavy atom. The summed E-state index contributed by atoms with van der Waals surface area (Å²) in [6.45, 7) is 4.82. The average molecular weight is 443 g/mol. The summed E-state index contributed by atoms with van der Waals surface area (Å²) in [7, 11) is 0. The van der Waals surface area contributed by atoms with Gasteiger partial charge in [-0.3, -0.25) is 4.79 Å². The number of carbonyl (C=O) groups excluding carboxylic acids is 1. The second-order valence-corrected chi connectivity index (χ2v) is 10.3. The van der Waals surface area contributed by atoms with E-state index in [1.54, 1.807) is 0 Å². The number of amides is 1. The van der Waals surface area contributed by atoms with Crippen molar-refractivity contribution in [3.8, 4) is 11.1 Å². The molecule has 1 aromatic carbocycles. The Hall–Kier alpha value is -2.66. The van der Waals surface area contributed by atoms with E-state index in [-0.39, 0.29) is 5.92 Å². The van der Waals surface area contributed by atoms with Gasteiger partial charge in [0.1, 0.15) is 5.65 Å². The summed E-state index contributed by atoms with van der Waals surface area (Å²) in [6.07, 6.45) is 13.2. The van der Waals surface area contributed by atoms with Crippen molar-refractivity contribution in [1.82, 2.24) is 20.2 Å². The van der Waals surface area contributed by atoms with Crippen LogP contribution in [0.25, 0.3) is 22.2 Å². The van der Waals surface area contributed by atoms with Gasteiger partial charge in [-0.15, -0.1) is 0 Å². The quantitative estimate of drug-likeness (QED) is 0.569. The molecule has 1 atom stereocenters. The molecule has 1 aliphatic carbocycles. The van der Waals surface area contributed by atoms with E-state index < -0.39 is 0 Å². The minimum absolute atomic E-state index is 0.245. The molecule has 2 N–H and O–H groups in total. The standard InChI is InChI=1S/C28H34N4O/c1-18-15-30-27-23(18)14-22(16-31-27)21-12-20-9-11-32(28(33)19-6-3-2-4-7-19)17-25(20)24(13-21)26-8-5-10-29-26/h12-16,19,26,29H,2-11,17H2,1H3,(H,30,31)/t26-/m0/s1. The van der Waals surface area contributed by atoms with Gasteiger partial charge in [0.25, 0.3) is 0 Å². The van der Waals surface area contributed by atoms with Crippen molar-refractivity contribution in [3.63, 3.8) is 0 Å². The zero-order valence-corrected chi connectivity index (χ0v) is 19.6. The van der Waals surface area contributed by atoms with Crippen LogP contribution < -0.4 is 5.32 Å². The third-order valence-electron chi connectivity index (χ3n) is 8.15. The zero-order chi connectivity index (χ0) is 22.4. The van der Waals surface area contributed by atoms with Gasteiger partial charge in [-0.05, 0) is 85.5 Å². The van der Waals surface area contributed by atoms with E-state index in [1.807, 2.05) is 12.4 Å². The molecule has 33 heavy (non-hydrogen) atoms. The highest BCUT2D eigenvalue weighted by Gasteiger charge is 2.31. The van der Waals surface area contributed by atoms with E-state index in [2.05, 4.69) is 45.3 Å². The van der Waals surface area contributed by atoms with E-state index >= 15 is 0 Å². The lowest BCUT2D eigenvalue weighted by Crippen LogP contribution is -2.41. The van der Waals surface area contributed by atoms with Gasteiger partial charge in [-0.25, -0.2) is 4.98 Å². The predicted molar refractivity (Wildman–Crippen MR) is 132 cm³/mol. The fourth-order valence-corrected chi connectivity index (χ4v) is 6.21. The minimum Gasteiger partial charge on any atom is -0.346 e. The molecule has 5 heteroatoms. The van der Waals surface area contributed by atoms with Gasteiger partial charge in [0.15, 0.2) is 0 Å². The molecule has 2 aliphatic heterocycles. The van der Waals surface area contributed by atoms with Crippen LogP contribution in [0.15, 0.2) is 30.6 Å². The lowest BCUT2D eigenvalue weighted by Gasteiger charge is -2.35. The van der Waals surface area contributed by atoms with E-state index in [9.17, 15) is 4.79 Å². The minimum atomic E-state index is 0.245. The van der Waals surface area contributed by atoms with Crippen LogP contribution in [-0.4, -0.2) is 33.9 Å². The topological polar surface area (TPSA) is 61.0 Å². The Morgan fingerprint density at radius 3 is 2.76 bits per heavy atom. The number of rotatable bonds is 3. The summed E-state index contributed by atoms with van der Waals surface area (Å²) < 4.78 is 0. The van der Waals surface area contributed by atoms with E-state index in [1.165, 1.54) is 70.9 Å². The summed E-state index contributed by atoms with van der Waals surface area (Å²) in [5, 5.41) is 4.91. The molecule has 0 unspecified atom stereocenters. The molecule has 3 aromatic rings. The SMILES string of the molecule is Cc1c[nH]c2ncc(-c3cc4c(c([C@@H]5CCCN5)c3)CN(C(=O)C3CCCCC3)CC4)cc12. The van der Waals surface area contributed by atoms with Crippen molar-refractivity contribution in [1.29, 1.82) is 0 Å². The number of hydrogen-bond acceptors (Lipinski definition) is 3. The monoisotopic (exact) mass is 442 g/mol. The fourth-order valence-electron chi connectivity index (χ4n) is 6.21. The van der Waals surface area contributed by atoms with Crippen molar-refractivity contribution in [2.45, 2.75) is 70.9 Å².